The van der Waals surface area contributed by atoms with Crippen molar-refractivity contribution >= 4 is 11.9 Å². The van der Waals surface area contributed by atoms with Gasteiger partial charge in [0, 0.05) is 30.7 Å². The van der Waals surface area contributed by atoms with Crippen LogP contribution in [-0.2, 0) is 7.05 Å². The molecule has 0 spiro atoms. The minimum absolute atomic E-state index is 0.563. The van der Waals surface area contributed by atoms with E-state index < -0.39 is 0 Å². The Morgan fingerprint density at radius 3 is 3.00 bits per heavy atom. The fourth-order valence-electron chi connectivity index (χ4n) is 0.756. The highest BCUT2D eigenvalue weighted by molar-refractivity contribution is 5.81. The molecular weight excluding hydrogens is 140 g/mol. The van der Waals surface area contributed by atoms with Gasteiger partial charge in [0.15, 0.2) is 0 Å². The van der Waals surface area contributed by atoms with Crippen LogP contribution in [0.5, 0.6) is 0 Å². The second-order valence-electron chi connectivity index (χ2n) is 2.19. The van der Waals surface area contributed by atoms with Gasteiger partial charge in [-0.1, -0.05) is 0 Å². The largest absolute Gasteiger partial charge is 0.398 e. The summed E-state index contributed by atoms with van der Waals surface area (Å²) in [6.07, 6.45) is 6.14. The summed E-state index contributed by atoms with van der Waals surface area (Å²) >= 11 is 0. The van der Waals surface area contributed by atoms with Crippen LogP contribution in [0.15, 0.2) is 18.5 Å². The van der Waals surface area contributed by atoms with E-state index in [2.05, 4.69) is 5.10 Å². The molecule has 0 saturated heterocycles. The van der Waals surface area contributed by atoms with E-state index in [1.54, 1.807) is 17.1 Å². The summed E-state index contributed by atoms with van der Waals surface area (Å²) in [5.41, 5.74) is 6.98. The molecule has 4 heteroatoms. The lowest BCUT2D eigenvalue weighted by Gasteiger charge is -1.91. The molecule has 1 rings (SSSR count). The third-order valence-corrected chi connectivity index (χ3v) is 1.30. The summed E-state index contributed by atoms with van der Waals surface area (Å²) in [5.74, 6) is 0. The summed E-state index contributed by atoms with van der Waals surface area (Å²) in [6.45, 7) is 0. The first-order chi connectivity index (χ1) is 5.24. The first-order valence-electron chi connectivity index (χ1n) is 3.19. The molecule has 1 aromatic rings. The number of aryl methyl sites for hydroxylation is 1. The molecule has 0 fully saturated rings. The molecule has 0 amide bonds. The summed E-state index contributed by atoms with van der Waals surface area (Å²) in [5, 5.41) is 10.7. The highest BCUT2D eigenvalue weighted by Gasteiger charge is 1.96. The second-order valence-corrected chi connectivity index (χ2v) is 2.19. The summed E-state index contributed by atoms with van der Waals surface area (Å²) in [7, 11) is 1.82. The topological polar surface area (TPSA) is 67.7 Å². The molecule has 0 saturated carbocycles. The van der Waals surface area contributed by atoms with E-state index in [-0.39, 0.29) is 0 Å². The van der Waals surface area contributed by atoms with Crippen LogP contribution in [0.4, 0.5) is 0 Å². The number of rotatable bonds is 2. The van der Waals surface area contributed by atoms with E-state index in [0.29, 0.717) is 5.70 Å². The van der Waals surface area contributed by atoms with Gasteiger partial charge in [0.2, 0.25) is 0 Å². The van der Waals surface area contributed by atoms with Crippen LogP contribution >= 0.6 is 0 Å². The molecule has 1 heterocycles. The molecule has 0 aromatic carbocycles. The molecule has 0 aliphatic rings. The Bertz CT molecular complexity index is 284. The van der Waals surface area contributed by atoms with Gasteiger partial charge in [0.1, 0.15) is 0 Å². The molecular formula is C7H10N4. The Morgan fingerprint density at radius 2 is 2.55 bits per heavy atom. The van der Waals surface area contributed by atoms with Crippen molar-refractivity contribution in [1.82, 2.24) is 9.78 Å². The molecule has 0 aliphatic heterocycles. The molecule has 0 aliphatic carbocycles. The van der Waals surface area contributed by atoms with Crippen LogP contribution in [0.25, 0.3) is 5.70 Å². The van der Waals surface area contributed by atoms with Crippen molar-refractivity contribution in [3.63, 3.8) is 0 Å². The molecule has 0 atom stereocenters. The van der Waals surface area contributed by atoms with Crippen LogP contribution in [0.2, 0.25) is 0 Å². The van der Waals surface area contributed by atoms with E-state index in [1.165, 1.54) is 6.08 Å². The summed E-state index contributed by atoms with van der Waals surface area (Å²) in [4.78, 5) is 0. The minimum atomic E-state index is 0.563. The molecule has 11 heavy (non-hydrogen) atoms. The highest BCUT2D eigenvalue weighted by atomic mass is 15.2. The molecule has 0 unspecified atom stereocenters. The van der Waals surface area contributed by atoms with Gasteiger partial charge in [-0.25, -0.2) is 0 Å². The quantitative estimate of drug-likeness (QED) is 0.598. The van der Waals surface area contributed by atoms with Crippen LogP contribution < -0.4 is 5.73 Å². The third kappa shape index (κ3) is 1.67. The van der Waals surface area contributed by atoms with Gasteiger partial charge in [-0.2, -0.15) is 5.10 Å². The van der Waals surface area contributed by atoms with Crippen molar-refractivity contribution < 1.29 is 0 Å². The fourth-order valence-corrected chi connectivity index (χ4v) is 0.756. The summed E-state index contributed by atoms with van der Waals surface area (Å²) < 4.78 is 1.67. The Hall–Kier alpha value is -1.58. The Morgan fingerprint density at radius 1 is 1.82 bits per heavy atom. The fraction of sp³-hybridized carbons (Fsp3) is 0.143. The van der Waals surface area contributed by atoms with E-state index in [9.17, 15) is 0 Å². The van der Waals surface area contributed by atoms with Crippen molar-refractivity contribution in [3.8, 4) is 0 Å². The lowest BCUT2D eigenvalue weighted by Crippen LogP contribution is -1.94. The molecule has 0 bridgehead atoms. The minimum Gasteiger partial charge on any atom is -0.398 e. The van der Waals surface area contributed by atoms with Gasteiger partial charge in [-0.3, -0.25) is 4.68 Å². The molecule has 0 radical (unpaired) electrons. The predicted octanol–water partition coefficient (Wildman–Crippen LogP) is 0.369. The SMILES string of the molecule is Cn1cc(/C(N)=C/C=N)cn1. The third-order valence-electron chi connectivity index (χ3n) is 1.30. The van der Waals surface area contributed by atoms with E-state index in [4.69, 9.17) is 11.1 Å². The standard InChI is InChI=1S/C7H10N4/c1-11-5-6(4-10-11)7(9)2-3-8/h2-5,8H,9H2,1H3/b7-2-,8-3?. The number of nitrogens with zero attached hydrogens (tertiary/aromatic N) is 2. The van der Waals surface area contributed by atoms with Crippen molar-refractivity contribution in [1.29, 1.82) is 5.41 Å². The van der Waals surface area contributed by atoms with Gasteiger partial charge < -0.3 is 11.1 Å². The monoisotopic (exact) mass is 150 g/mol. The van der Waals surface area contributed by atoms with Gasteiger partial charge in [-0.15, -0.1) is 0 Å². The highest BCUT2D eigenvalue weighted by Crippen LogP contribution is 2.04. The van der Waals surface area contributed by atoms with E-state index >= 15 is 0 Å². The number of aromatic nitrogens is 2. The number of hydrogen-bond acceptors (Lipinski definition) is 3. The van der Waals surface area contributed by atoms with Crippen molar-refractivity contribution in [2.24, 2.45) is 12.8 Å². The number of nitrogens with two attached hydrogens (primary N) is 1. The van der Waals surface area contributed by atoms with Crippen molar-refractivity contribution in [2.75, 3.05) is 0 Å². The lowest BCUT2D eigenvalue weighted by atomic mass is 10.2. The Kier molecular flexibility index (Phi) is 2.06. The molecule has 3 N–H and O–H groups in total. The average molecular weight is 150 g/mol. The number of nitrogens with one attached hydrogen (secondary N) is 1. The Balaban J connectivity index is 2.93. The maximum Gasteiger partial charge on any atom is 0.0582 e. The van der Waals surface area contributed by atoms with Gasteiger partial charge in [0.05, 0.1) is 6.20 Å². The van der Waals surface area contributed by atoms with Crippen molar-refractivity contribution in [2.45, 2.75) is 0 Å². The second kappa shape index (κ2) is 3.01. The molecule has 1 aromatic heterocycles. The van der Waals surface area contributed by atoms with Crippen molar-refractivity contribution in [3.05, 3.63) is 24.0 Å². The lowest BCUT2D eigenvalue weighted by molar-refractivity contribution is 0.767. The van der Waals surface area contributed by atoms with Gasteiger partial charge in [-0.05, 0) is 6.08 Å². The zero-order valence-corrected chi connectivity index (χ0v) is 6.28. The Labute approximate surface area is 64.8 Å². The first-order valence-corrected chi connectivity index (χ1v) is 3.19. The summed E-state index contributed by atoms with van der Waals surface area (Å²) in [6, 6.07) is 0. The predicted molar refractivity (Wildman–Crippen MR) is 44.2 cm³/mol. The number of hydrogen-bond donors (Lipinski definition) is 2. The first kappa shape index (κ1) is 7.53. The van der Waals surface area contributed by atoms with Crippen LogP contribution in [0, 0.1) is 5.41 Å². The van der Waals surface area contributed by atoms with Gasteiger partial charge in [0.25, 0.3) is 0 Å². The van der Waals surface area contributed by atoms with E-state index in [1.807, 2.05) is 7.05 Å². The average Bonchev–Trinajstić information content (AvgIpc) is 2.36. The smallest absolute Gasteiger partial charge is 0.0582 e. The zero-order chi connectivity index (χ0) is 8.27. The van der Waals surface area contributed by atoms with E-state index in [0.717, 1.165) is 11.8 Å². The maximum absolute atomic E-state index is 6.78. The molecule has 58 valence electrons. The number of allylic oxidation sites excluding steroid dienone is 1. The molecule has 4 nitrogen and oxygen atoms in total. The van der Waals surface area contributed by atoms with Crippen LogP contribution in [-0.4, -0.2) is 16.0 Å². The normalized spacial score (nSPS) is 11.5. The van der Waals surface area contributed by atoms with Gasteiger partial charge >= 0.3 is 0 Å². The van der Waals surface area contributed by atoms with Crippen LogP contribution in [0.1, 0.15) is 5.56 Å². The van der Waals surface area contributed by atoms with Crippen LogP contribution in [0.3, 0.4) is 0 Å². The zero-order valence-electron chi connectivity index (χ0n) is 6.28. The maximum atomic E-state index is 6.78.